The van der Waals surface area contributed by atoms with Crippen molar-refractivity contribution in [2.45, 2.75) is 18.9 Å². The fraction of sp³-hybridized carbons (Fsp3) is 0.417. The van der Waals surface area contributed by atoms with Crippen molar-refractivity contribution in [2.75, 3.05) is 13.2 Å². The van der Waals surface area contributed by atoms with Crippen molar-refractivity contribution in [2.24, 2.45) is 0 Å². The van der Waals surface area contributed by atoms with Gasteiger partial charge >= 0.3 is 0 Å². The van der Waals surface area contributed by atoms with Crippen molar-refractivity contribution < 1.29 is 20.1 Å². The van der Waals surface area contributed by atoms with Crippen molar-refractivity contribution in [1.29, 1.82) is 0 Å². The second-order valence-electron chi connectivity index (χ2n) is 4.07. The lowest BCUT2D eigenvalue weighted by molar-refractivity contribution is 0.0652. The van der Waals surface area contributed by atoms with Gasteiger partial charge in [-0.25, -0.2) is 0 Å². The largest absolute Gasteiger partial charge is 0.507 e. The lowest BCUT2D eigenvalue weighted by atomic mass is 9.98. The first-order valence-electron chi connectivity index (χ1n) is 5.50. The molecule has 0 aliphatic carbocycles. The number of aliphatic hydroxyl groups is 2. The van der Waals surface area contributed by atoms with Gasteiger partial charge in [-0.15, -0.1) is 0 Å². The Hall–Kier alpha value is -1.11. The molecule has 0 heterocycles. The molecule has 0 saturated carbocycles. The maximum absolute atomic E-state index is 11.9. The third-order valence-electron chi connectivity index (χ3n) is 2.87. The zero-order valence-electron chi connectivity index (χ0n) is 9.98. The third-order valence-corrected chi connectivity index (χ3v) is 3.54. The van der Waals surface area contributed by atoms with Gasteiger partial charge in [-0.1, -0.05) is 6.92 Å². The molecule has 1 aromatic rings. The first-order valence-corrected chi connectivity index (χ1v) is 6.30. The summed E-state index contributed by atoms with van der Waals surface area (Å²) in [7, 11) is 0. The Bertz CT molecular complexity index is 424. The van der Waals surface area contributed by atoms with Crippen LogP contribution in [0.5, 0.6) is 5.75 Å². The molecule has 0 spiro atoms. The van der Waals surface area contributed by atoms with Crippen LogP contribution in [0.1, 0.15) is 23.7 Å². The number of benzene rings is 1. The third kappa shape index (κ3) is 3.22. The Balaban J connectivity index is 2.90. The van der Waals surface area contributed by atoms with Crippen molar-refractivity contribution in [3.63, 3.8) is 0 Å². The van der Waals surface area contributed by atoms with Gasteiger partial charge in [0.05, 0.1) is 23.2 Å². The molecule has 6 heteroatoms. The Morgan fingerprint density at radius 1 is 1.39 bits per heavy atom. The molecule has 0 unspecified atom stereocenters. The van der Waals surface area contributed by atoms with Crippen LogP contribution in [-0.2, 0) is 0 Å². The van der Waals surface area contributed by atoms with E-state index in [1.165, 1.54) is 12.1 Å². The summed E-state index contributed by atoms with van der Waals surface area (Å²) in [6, 6.07) is 4.40. The van der Waals surface area contributed by atoms with E-state index < -0.39 is 11.4 Å². The highest BCUT2D eigenvalue weighted by atomic mass is 79.9. The van der Waals surface area contributed by atoms with E-state index in [4.69, 9.17) is 0 Å². The molecule has 5 nitrogen and oxygen atoms in total. The van der Waals surface area contributed by atoms with Crippen LogP contribution in [0.15, 0.2) is 22.7 Å². The zero-order chi connectivity index (χ0) is 13.8. The van der Waals surface area contributed by atoms with Gasteiger partial charge in [0.1, 0.15) is 5.75 Å². The molecule has 1 amide bonds. The highest BCUT2D eigenvalue weighted by Crippen LogP contribution is 2.24. The molecular formula is C12H16BrNO4. The summed E-state index contributed by atoms with van der Waals surface area (Å²) in [5, 5.41) is 30.5. The first kappa shape index (κ1) is 14.9. The van der Waals surface area contributed by atoms with Crippen molar-refractivity contribution >= 4 is 21.8 Å². The molecule has 0 aliphatic heterocycles. The van der Waals surface area contributed by atoms with Gasteiger partial charge in [0.15, 0.2) is 0 Å². The van der Waals surface area contributed by atoms with Gasteiger partial charge in [0, 0.05) is 5.56 Å². The number of carbonyl (C=O) groups excluding carboxylic acids is 1. The van der Waals surface area contributed by atoms with Crippen LogP contribution in [0, 0.1) is 0 Å². The molecule has 4 N–H and O–H groups in total. The fourth-order valence-electron chi connectivity index (χ4n) is 1.41. The standard InChI is InChI=1S/C12H16BrNO4/c1-2-12(6-15,7-16)14-11(18)8-3-4-9(13)10(17)5-8/h3-5,15-17H,2,6-7H2,1H3,(H,14,18). The first-order chi connectivity index (χ1) is 8.48. The van der Waals surface area contributed by atoms with Gasteiger partial charge < -0.3 is 20.6 Å². The molecule has 1 aromatic carbocycles. The summed E-state index contributed by atoms with van der Waals surface area (Å²) in [5.41, 5.74) is -0.782. The maximum Gasteiger partial charge on any atom is 0.252 e. The highest BCUT2D eigenvalue weighted by molar-refractivity contribution is 9.10. The molecule has 1 rings (SSSR count). The summed E-state index contributed by atoms with van der Waals surface area (Å²) in [6.07, 6.45) is 0.397. The number of aliphatic hydroxyl groups excluding tert-OH is 2. The normalized spacial score (nSPS) is 11.3. The predicted octanol–water partition coefficient (Wildman–Crippen LogP) is 1.02. The van der Waals surface area contributed by atoms with Crippen molar-refractivity contribution in [1.82, 2.24) is 5.32 Å². The topological polar surface area (TPSA) is 89.8 Å². The minimum atomic E-state index is -1.04. The summed E-state index contributed by atoms with van der Waals surface area (Å²) in [5.74, 6) is -0.500. The molecule has 0 radical (unpaired) electrons. The molecular weight excluding hydrogens is 302 g/mol. The van der Waals surface area contributed by atoms with E-state index in [2.05, 4.69) is 21.2 Å². The average molecular weight is 318 g/mol. The van der Waals surface area contributed by atoms with Crippen LogP contribution in [0.2, 0.25) is 0 Å². The quantitative estimate of drug-likeness (QED) is 0.652. The van der Waals surface area contributed by atoms with E-state index in [1.54, 1.807) is 13.0 Å². The fourth-order valence-corrected chi connectivity index (χ4v) is 1.65. The molecule has 0 aromatic heterocycles. The van der Waals surface area contributed by atoms with E-state index in [9.17, 15) is 20.1 Å². The van der Waals surface area contributed by atoms with Crippen LogP contribution in [0.4, 0.5) is 0 Å². The Morgan fingerprint density at radius 2 is 2.00 bits per heavy atom. The van der Waals surface area contributed by atoms with Gasteiger partial charge in [-0.05, 0) is 40.5 Å². The van der Waals surface area contributed by atoms with Crippen LogP contribution in [-0.4, -0.2) is 40.0 Å². The summed E-state index contributed by atoms with van der Waals surface area (Å²) < 4.78 is 0.491. The second-order valence-corrected chi connectivity index (χ2v) is 4.92. The molecule has 0 saturated heterocycles. The lowest BCUT2D eigenvalue weighted by Crippen LogP contribution is -2.53. The summed E-state index contributed by atoms with van der Waals surface area (Å²) in [4.78, 5) is 11.9. The zero-order valence-corrected chi connectivity index (χ0v) is 11.6. The summed E-state index contributed by atoms with van der Waals surface area (Å²) >= 11 is 3.12. The van der Waals surface area contributed by atoms with Gasteiger partial charge in [0.25, 0.3) is 5.91 Å². The number of halogens is 1. The molecule has 0 fully saturated rings. The Morgan fingerprint density at radius 3 is 2.44 bits per heavy atom. The van der Waals surface area contributed by atoms with Crippen molar-refractivity contribution in [3.8, 4) is 5.75 Å². The number of rotatable bonds is 5. The molecule has 100 valence electrons. The smallest absolute Gasteiger partial charge is 0.252 e. The van der Waals surface area contributed by atoms with E-state index in [0.29, 0.717) is 10.9 Å². The number of hydrogen-bond acceptors (Lipinski definition) is 4. The molecule has 0 atom stereocenters. The van der Waals surface area contributed by atoms with Crippen molar-refractivity contribution in [3.05, 3.63) is 28.2 Å². The molecule has 0 bridgehead atoms. The average Bonchev–Trinajstić information content (AvgIpc) is 2.39. The number of nitrogens with one attached hydrogen (secondary N) is 1. The highest BCUT2D eigenvalue weighted by Gasteiger charge is 2.29. The second kappa shape index (κ2) is 6.17. The Labute approximate surface area is 114 Å². The van der Waals surface area contributed by atoms with E-state index >= 15 is 0 Å². The number of amides is 1. The minimum absolute atomic E-state index is 0.0438. The van der Waals surface area contributed by atoms with Gasteiger partial charge in [-0.3, -0.25) is 4.79 Å². The number of phenolic OH excluding ortho intramolecular Hbond substituents is 1. The van der Waals surface area contributed by atoms with Crippen LogP contribution in [0.3, 0.4) is 0 Å². The van der Waals surface area contributed by atoms with Gasteiger partial charge in [0.2, 0.25) is 0 Å². The molecule has 0 aliphatic rings. The SMILES string of the molecule is CCC(CO)(CO)NC(=O)c1ccc(Br)c(O)c1. The van der Waals surface area contributed by atoms with E-state index in [1.807, 2.05) is 0 Å². The Kier molecular flexibility index (Phi) is 5.13. The minimum Gasteiger partial charge on any atom is -0.507 e. The van der Waals surface area contributed by atoms with Crippen LogP contribution in [0.25, 0.3) is 0 Å². The number of aromatic hydroxyl groups is 1. The van der Waals surface area contributed by atoms with E-state index in [0.717, 1.165) is 0 Å². The van der Waals surface area contributed by atoms with E-state index in [-0.39, 0.29) is 24.5 Å². The maximum atomic E-state index is 11.9. The number of carbonyl (C=O) groups is 1. The lowest BCUT2D eigenvalue weighted by Gasteiger charge is -2.29. The molecule has 18 heavy (non-hydrogen) atoms. The van der Waals surface area contributed by atoms with Crippen LogP contribution >= 0.6 is 15.9 Å². The number of phenols is 1. The number of hydrogen-bond donors (Lipinski definition) is 4. The monoisotopic (exact) mass is 317 g/mol. The van der Waals surface area contributed by atoms with Gasteiger partial charge in [-0.2, -0.15) is 0 Å². The van der Waals surface area contributed by atoms with Crippen LogP contribution < -0.4 is 5.32 Å². The predicted molar refractivity (Wildman–Crippen MR) is 70.5 cm³/mol. The summed E-state index contributed by atoms with van der Waals surface area (Å²) in [6.45, 7) is 1.05.